The summed E-state index contributed by atoms with van der Waals surface area (Å²) >= 11 is 1.43. The second kappa shape index (κ2) is 6.98. The summed E-state index contributed by atoms with van der Waals surface area (Å²) in [6.07, 6.45) is 0.389. The van der Waals surface area contributed by atoms with Crippen LogP contribution in [0, 0.1) is 5.82 Å². The van der Waals surface area contributed by atoms with E-state index in [0.29, 0.717) is 6.26 Å². The molecular formula is C16H20F2N2O3S. The summed E-state index contributed by atoms with van der Waals surface area (Å²) in [6, 6.07) is 2.80. The number of aliphatic carboxylic acids is 1. The smallest absolute Gasteiger partial charge is 0.368 e. The molecule has 2 rings (SSSR count). The van der Waals surface area contributed by atoms with Gasteiger partial charge in [0.15, 0.2) is 11.6 Å². The Morgan fingerprint density at radius 2 is 2.04 bits per heavy atom. The SMILES string of the molecule is CN1CCN(C(C)(C)C)c2cc(F)c(O/C=C(\F)C(=O)O)cc2S1. The average molecular weight is 358 g/mol. The van der Waals surface area contributed by atoms with Gasteiger partial charge in [-0.25, -0.2) is 13.5 Å². The fraction of sp³-hybridized carbons (Fsp3) is 0.438. The largest absolute Gasteiger partial charge is 0.476 e. The lowest BCUT2D eigenvalue weighted by Crippen LogP contribution is -2.43. The van der Waals surface area contributed by atoms with Crippen molar-refractivity contribution in [1.82, 2.24) is 4.31 Å². The summed E-state index contributed by atoms with van der Waals surface area (Å²) in [5.74, 6) is -4.16. The van der Waals surface area contributed by atoms with Gasteiger partial charge in [0.25, 0.3) is 0 Å². The van der Waals surface area contributed by atoms with Crippen LogP contribution in [0.3, 0.4) is 0 Å². The number of carbonyl (C=O) groups is 1. The molecule has 0 saturated heterocycles. The van der Waals surface area contributed by atoms with E-state index in [1.165, 1.54) is 24.1 Å². The molecule has 0 radical (unpaired) electrons. The lowest BCUT2D eigenvalue weighted by Gasteiger charge is -2.37. The molecule has 1 heterocycles. The van der Waals surface area contributed by atoms with Crippen molar-refractivity contribution in [3.8, 4) is 5.75 Å². The number of nitrogens with zero attached hydrogens (tertiary/aromatic N) is 2. The number of carboxylic acid groups (broad SMARTS) is 1. The number of halogens is 2. The molecule has 8 heteroatoms. The van der Waals surface area contributed by atoms with E-state index in [2.05, 4.69) is 4.90 Å². The number of anilines is 1. The van der Waals surface area contributed by atoms with Gasteiger partial charge in [-0.15, -0.1) is 0 Å². The van der Waals surface area contributed by atoms with E-state index in [0.717, 1.165) is 23.7 Å². The lowest BCUT2D eigenvalue weighted by atomic mass is 10.0. The predicted molar refractivity (Wildman–Crippen MR) is 89.4 cm³/mol. The van der Waals surface area contributed by atoms with Gasteiger partial charge in [0.2, 0.25) is 5.83 Å². The van der Waals surface area contributed by atoms with Crippen molar-refractivity contribution in [2.45, 2.75) is 31.2 Å². The maximum atomic E-state index is 14.3. The van der Waals surface area contributed by atoms with Crippen LogP contribution in [-0.4, -0.2) is 41.1 Å². The molecule has 0 bridgehead atoms. The zero-order chi connectivity index (χ0) is 18.1. The van der Waals surface area contributed by atoms with Crippen LogP contribution in [0.1, 0.15) is 20.8 Å². The zero-order valence-electron chi connectivity index (χ0n) is 14.0. The van der Waals surface area contributed by atoms with E-state index in [1.807, 2.05) is 32.1 Å². The van der Waals surface area contributed by atoms with Gasteiger partial charge in [0.1, 0.15) is 6.26 Å². The third kappa shape index (κ3) is 4.18. The van der Waals surface area contributed by atoms with Gasteiger partial charge in [0.05, 0.1) is 10.6 Å². The van der Waals surface area contributed by atoms with Gasteiger partial charge in [-0.2, -0.15) is 4.39 Å². The van der Waals surface area contributed by atoms with Gasteiger partial charge in [-0.3, -0.25) is 0 Å². The van der Waals surface area contributed by atoms with Crippen LogP contribution < -0.4 is 9.64 Å². The minimum absolute atomic E-state index is 0.204. The fourth-order valence-corrected chi connectivity index (χ4v) is 3.27. The summed E-state index contributed by atoms with van der Waals surface area (Å²) in [5, 5.41) is 8.48. The molecular weight excluding hydrogens is 338 g/mol. The van der Waals surface area contributed by atoms with Crippen molar-refractivity contribution in [3.63, 3.8) is 0 Å². The van der Waals surface area contributed by atoms with Crippen LogP contribution in [0.4, 0.5) is 14.5 Å². The lowest BCUT2D eigenvalue weighted by molar-refractivity contribution is -0.134. The summed E-state index contributed by atoms with van der Waals surface area (Å²) < 4.78 is 34.3. The molecule has 0 unspecified atom stereocenters. The van der Waals surface area contributed by atoms with E-state index in [9.17, 15) is 13.6 Å². The number of ether oxygens (including phenoxy) is 1. The van der Waals surface area contributed by atoms with Crippen molar-refractivity contribution in [2.75, 3.05) is 25.0 Å². The van der Waals surface area contributed by atoms with E-state index in [4.69, 9.17) is 9.84 Å². The summed E-state index contributed by atoms with van der Waals surface area (Å²) in [7, 11) is 1.93. The van der Waals surface area contributed by atoms with Gasteiger partial charge in [0, 0.05) is 30.8 Å². The van der Waals surface area contributed by atoms with E-state index in [1.54, 1.807) is 0 Å². The molecule has 1 aromatic rings. The Morgan fingerprint density at radius 3 is 2.62 bits per heavy atom. The summed E-state index contributed by atoms with van der Waals surface area (Å²) in [5.41, 5.74) is 0.523. The van der Waals surface area contributed by atoms with Crippen LogP contribution in [0.5, 0.6) is 5.75 Å². The van der Waals surface area contributed by atoms with E-state index < -0.39 is 17.6 Å². The van der Waals surface area contributed by atoms with E-state index >= 15 is 0 Å². The molecule has 0 aliphatic carbocycles. The van der Waals surface area contributed by atoms with Crippen LogP contribution in [0.25, 0.3) is 0 Å². The second-order valence-electron chi connectivity index (χ2n) is 6.40. The van der Waals surface area contributed by atoms with Crippen molar-refractivity contribution in [2.24, 2.45) is 0 Å². The van der Waals surface area contributed by atoms with Crippen molar-refractivity contribution >= 4 is 23.6 Å². The highest BCUT2D eigenvalue weighted by atomic mass is 32.2. The molecule has 1 aliphatic heterocycles. The molecule has 1 N–H and O–H groups in total. The Morgan fingerprint density at radius 1 is 1.38 bits per heavy atom. The van der Waals surface area contributed by atoms with Crippen LogP contribution in [-0.2, 0) is 4.79 Å². The molecule has 0 fully saturated rings. The summed E-state index contributed by atoms with van der Waals surface area (Å²) in [6.45, 7) is 7.63. The first-order valence-electron chi connectivity index (χ1n) is 7.35. The van der Waals surface area contributed by atoms with Gasteiger partial charge >= 0.3 is 5.97 Å². The first kappa shape index (κ1) is 18.5. The van der Waals surface area contributed by atoms with Crippen molar-refractivity contribution < 1.29 is 23.4 Å². The summed E-state index contributed by atoms with van der Waals surface area (Å²) in [4.78, 5) is 13.3. The first-order valence-corrected chi connectivity index (χ1v) is 8.13. The number of fused-ring (bicyclic) bond motifs is 1. The molecule has 0 aromatic heterocycles. The molecule has 5 nitrogen and oxygen atoms in total. The van der Waals surface area contributed by atoms with Gasteiger partial charge in [-0.05, 0) is 39.8 Å². The molecule has 0 amide bonds. The van der Waals surface area contributed by atoms with Crippen LogP contribution >= 0.6 is 11.9 Å². The number of hydrogen-bond acceptors (Lipinski definition) is 5. The number of likely N-dealkylation sites (N-methyl/N-ethyl adjacent to an activating group) is 1. The third-order valence-electron chi connectivity index (χ3n) is 3.50. The topological polar surface area (TPSA) is 53.0 Å². The molecule has 24 heavy (non-hydrogen) atoms. The van der Waals surface area contributed by atoms with Crippen LogP contribution in [0.2, 0.25) is 0 Å². The minimum Gasteiger partial charge on any atom is -0.476 e. The van der Waals surface area contributed by atoms with Gasteiger partial charge < -0.3 is 14.7 Å². The molecule has 0 atom stereocenters. The maximum absolute atomic E-state index is 14.3. The first-order chi connectivity index (χ1) is 11.1. The number of hydrogen-bond donors (Lipinski definition) is 1. The van der Waals surface area contributed by atoms with Crippen molar-refractivity contribution in [3.05, 3.63) is 30.0 Å². The molecule has 0 saturated carbocycles. The second-order valence-corrected chi connectivity index (χ2v) is 7.65. The Balaban J connectivity index is 2.43. The Labute approximate surface area is 144 Å². The van der Waals surface area contributed by atoms with E-state index in [-0.39, 0.29) is 11.3 Å². The minimum atomic E-state index is -1.77. The fourth-order valence-electron chi connectivity index (χ4n) is 2.34. The molecule has 1 aliphatic rings. The Bertz CT molecular complexity index is 674. The molecule has 0 spiro atoms. The normalized spacial score (nSPS) is 16.6. The highest BCUT2D eigenvalue weighted by Crippen LogP contribution is 2.41. The standard InChI is InChI=1S/C16H20F2N2O3S/c1-16(2,3)20-6-5-19(4)24-14-8-13(10(17)7-12(14)20)23-9-11(18)15(21)22/h7-9H,5-6H2,1-4H3,(H,21,22)/b11-9-. The number of benzene rings is 1. The highest BCUT2D eigenvalue weighted by molar-refractivity contribution is 7.97. The van der Waals surface area contributed by atoms with Gasteiger partial charge in [-0.1, -0.05) is 0 Å². The predicted octanol–water partition coefficient (Wildman–Crippen LogP) is 3.66. The Hall–Kier alpha value is -1.80. The monoisotopic (exact) mass is 358 g/mol. The number of rotatable bonds is 3. The maximum Gasteiger partial charge on any atom is 0.368 e. The zero-order valence-corrected chi connectivity index (χ0v) is 14.8. The number of carboxylic acids is 1. The average Bonchev–Trinajstić information content (AvgIpc) is 2.62. The third-order valence-corrected chi connectivity index (χ3v) is 4.52. The van der Waals surface area contributed by atoms with Crippen LogP contribution in [0.15, 0.2) is 29.1 Å². The quantitative estimate of drug-likeness (QED) is 0.506. The molecule has 1 aromatic carbocycles. The molecule has 132 valence electrons. The van der Waals surface area contributed by atoms with Crippen molar-refractivity contribution in [1.29, 1.82) is 0 Å². The Kier molecular flexibility index (Phi) is 5.39. The highest BCUT2D eigenvalue weighted by Gasteiger charge is 2.28.